The van der Waals surface area contributed by atoms with Crippen molar-refractivity contribution in [2.75, 3.05) is 18.1 Å². The summed E-state index contributed by atoms with van der Waals surface area (Å²) < 4.78 is 5.47. The van der Waals surface area contributed by atoms with E-state index in [2.05, 4.69) is 22.0 Å². The van der Waals surface area contributed by atoms with E-state index in [4.69, 9.17) is 4.52 Å². The molecular weight excluding hydrogens is 262 g/mol. The molecule has 0 saturated heterocycles. The normalized spacial score (nSPS) is 17.1. The van der Waals surface area contributed by atoms with Crippen molar-refractivity contribution in [3.63, 3.8) is 0 Å². The van der Waals surface area contributed by atoms with Crippen LogP contribution >= 0.6 is 11.8 Å². The number of hydrogen-bond donors (Lipinski definition) is 2. The minimum absolute atomic E-state index is 0.111. The molecule has 1 heterocycles. The van der Waals surface area contributed by atoms with Crippen LogP contribution in [0, 0.1) is 0 Å². The van der Waals surface area contributed by atoms with Crippen LogP contribution in [0.25, 0.3) is 0 Å². The Hall–Kier alpha value is -1.17. The minimum atomic E-state index is -0.228. The van der Waals surface area contributed by atoms with E-state index in [9.17, 15) is 4.79 Å². The Kier molecular flexibility index (Phi) is 3.80. The summed E-state index contributed by atoms with van der Waals surface area (Å²) in [5.41, 5.74) is -0.111. The summed E-state index contributed by atoms with van der Waals surface area (Å²) in [6.07, 6.45) is 4.43. The molecule has 1 saturated carbocycles. The molecule has 19 heavy (non-hydrogen) atoms. The second-order valence-electron chi connectivity index (χ2n) is 6.02. The summed E-state index contributed by atoms with van der Waals surface area (Å²) in [6, 6.07) is 1.54. The average Bonchev–Trinajstić information content (AvgIpc) is 2.96. The van der Waals surface area contributed by atoms with Crippen molar-refractivity contribution >= 4 is 23.6 Å². The number of carbonyl (C=O) groups excluding carboxylic acids is 1. The molecule has 6 heteroatoms. The largest absolute Gasteiger partial charge is 0.359 e. The Labute approximate surface area is 117 Å². The van der Waals surface area contributed by atoms with E-state index >= 15 is 0 Å². The third-order valence-corrected chi connectivity index (χ3v) is 4.72. The first kappa shape index (κ1) is 14.2. The SMILES string of the molecule is CSC1(CNC(=O)Nc2cc(C(C)(C)C)on2)CC1. The Morgan fingerprint density at radius 3 is 2.68 bits per heavy atom. The van der Waals surface area contributed by atoms with Gasteiger partial charge in [-0.3, -0.25) is 5.32 Å². The van der Waals surface area contributed by atoms with Gasteiger partial charge in [-0.1, -0.05) is 25.9 Å². The van der Waals surface area contributed by atoms with Crippen LogP contribution in [0.3, 0.4) is 0 Å². The van der Waals surface area contributed by atoms with E-state index in [-0.39, 0.29) is 16.2 Å². The second-order valence-corrected chi connectivity index (χ2v) is 7.30. The summed E-state index contributed by atoms with van der Waals surface area (Å²) in [7, 11) is 0. The zero-order chi connectivity index (χ0) is 14.1. The number of hydrogen-bond acceptors (Lipinski definition) is 4. The molecule has 1 aromatic rings. The van der Waals surface area contributed by atoms with Gasteiger partial charge in [-0.2, -0.15) is 11.8 Å². The number of rotatable bonds is 4. The van der Waals surface area contributed by atoms with Crippen LogP contribution in [0.1, 0.15) is 39.4 Å². The molecule has 0 aliphatic heterocycles. The fourth-order valence-corrected chi connectivity index (χ4v) is 2.41. The highest BCUT2D eigenvalue weighted by Crippen LogP contribution is 2.46. The second kappa shape index (κ2) is 5.07. The van der Waals surface area contributed by atoms with Crippen LogP contribution in [-0.2, 0) is 5.41 Å². The lowest BCUT2D eigenvalue weighted by Gasteiger charge is -2.13. The third-order valence-electron chi connectivity index (χ3n) is 3.30. The van der Waals surface area contributed by atoms with Gasteiger partial charge < -0.3 is 9.84 Å². The van der Waals surface area contributed by atoms with Crippen LogP contribution in [0.5, 0.6) is 0 Å². The number of thioether (sulfide) groups is 1. The molecule has 2 amide bonds. The fourth-order valence-electron chi connectivity index (χ4n) is 1.68. The zero-order valence-electron chi connectivity index (χ0n) is 11.9. The van der Waals surface area contributed by atoms with Gasteiger partial charge >= 0.3 is 6.03 Å². The van der Waals surface area contributed by atoms with E-state index in [1.54, 1.807) is 6.07 Å². The first-order chi connectivity index (χ1) is 8.85. The van der Waals surface area contributed by atoms with E-state index in [1.165, 1.54) is 12.8 Å². The van der Waals surface area contributed by atoms with Gasteiger partial charge in [0.05, 0.1) is 0 Å². The topological polar surface area (TPSA) is 67.2 Å². The molecule has 1 aliphatic carbocycles. The molecule has 1 fully saturated rings. The molecule has 0 unspecified atom stereocenters. The van der Waals surface area contributed by atoms with Crippen molar-refractivity contribution in [3.8, 4) is 0 Å². The minimum Gasteiger partial charge on any atom is -0.359 e. The summed E-state index contributed by atoms with van der Waals surface area (Å²) >= 11 is 1.82. The van der Waals surface area contributed by atoms with Gasteiger partial charge in [0.15, 0.2) is 5.82 Å². The van der Waals surface area contributed by atoms with Gasteiger partial charge in [0, 0.05) is 22.8 Å². The molecular formula is C13H21N3O2S. The quantitative estimate of drug-likeness (QED) is 0.891. The van der Waals surface area contributed by atoms with Gasteiger partial charge in [-0.15, -0.1) is 0 Å². The maximum absolute atomic E-state index is 11.7. The van der Waals surface area contributed by atoms with Crippen LogP contribution in [0.2, 0.25) is 0 Å². The maximum Gasteiger partial charge on any atom is 0.320 e. The lowest BCUT2D eigenvalue weighted by molar-refractivity contribution is 0.251. The van der Waals surface area contributed by atoms with Crippen molar-refractivity contribution in [1.29, 1.82) is 0 Å². The van der Waals surface area contributed by atoms with Crippen LogP contribution in [-0.4, -0.2) is 28.7 Å². The molecule has 1 aromatic heterocycles. The highest BCUT2D eigenvalue weighted by atomic mass is 32.2. The van der Waals surface area contributed by atoms with Gasteiger partial charge in [0.2, 0.25) is 0 Å². The third kappa shape index (κ3) is 3.65. The summed E-state index contributed by atoms with van der Waals surface area (Å²) in [6.45, 7) is 6.80. The number of urea groups is 1. The smallest absolute Gasteiger partial charge is 0.320 e. The van der Waals surface area contributed by atoms with E-state index < -0.39 is 0 Å². The lowest BCUT2D eigenvalue weighted by Crippen LogP contribution is -2.35. The number of aromatic nitrogens is 1. The molecule has 0 spiro atoms. The number of carbonyl (C=O) groups is 1. The Balaban J connectivity index is 1.84. The Bertz CT molecular complexity index is 461. The monoisotopic (exact) mass is 283 g/mol. The Morgan fingerprint density at radius 1 is 1.53 bits per heavy atom. The van der Waals surface area contributed by atoms with Crippen molar-refractivity contribution in [2.45, 2.75) is 43.8 Å². The van der Waals surface area contributed by atoms with Gasteiger partial charge in [0.1, 0.15) is 5.76 Å². The van der Waals surface area contributed by atoms with Crippen LogP contribution < -0.4 is 10.6 Å². The first-order valence-corrected chi connectivity index (χ1v) is 7.64. The van der Waals surface area contributed by atoms with E-state index in [0.717, 1.165) is 5.76 Å². The van der Waals surface area contributed by atoms with Crippen molar-refractivity contribution < 1.29 is 9.32 Å². The van der Waals surface area contributed by atoms with Gasteiger partial charge in [-0.05, 0) is 19.1 Å². The highest BCUT2D eigenvalue weighted by Gasteiger charge is 2.41. The molecule has 106 valence electrons. The van der Waals surface area contributed by atoms with Gasteiger partial charge in [0.25, 0.3) is 0 Å². The predicted molar refractivity (Wildman–Crippen MR) is 77.7 cm³/mol. The molecule has 0 radical (unpaired) electrons. The molecule has 1 aliphatic rings. The van der Waals surface area contributed by atoms with Crippen LogP contribution in [0.4, 0.5) is 10.6 Å². The number of nitrogens with zero attached hydrogens (tertiary/aromatic N) is 1. The summed E-state index contributed by atoms with van der Waals surface area (Å²) in [5.74, 6) is 1.21. The van der Waals surface area contributed by atoms with Crippen molar-refractivity contribution in [2.24, 2.45) is 0 Å². The predicted octanol–water partition coefficient (Wildman–Crippen LogP) is 2.99. The number of anilines is 1. The van der Waals surface area contributed by atoms with Crippen molar-refractivity contribution in [3.05, 3.63) is 11.8 Å². The first-order valence-electron chi connectivity index (χ1n) is 6.42. The lowest BCUT2D eigenvalue weighted by atomic mass is 9.93. The summed E-state index contributed by atoms with van der Waals surface area (Å²) in [5, 5.41) is 9.43. The average molecular weight is 283 g/mol. The molecule has 2 N–H and O–H groups in total. The Morgan fingerprint density at radius 2 is 2.21 bits per heavy atom. The molecule has 0 aromatic carbocycles. The molecule has 0 bridgehead atoms. The number of amides is 2. The fraction of sp³-hybridized carbons (Fsp3) is 0.692. The zero-order valence-corrected chi connectivity index (χ0v) is 12.7. The van der Waals surface area contributed by atoms with Crippen LogP contribution in [0.15, 0.2) is 10.6 Å². The molecule has 5 nitrogen and oxygen atoms in total. The standard InChI is InChI=1S/C13H21N3O2S/c1-12(2,3)9-7-10(16-18-9)15-11(17)14-8-13(19-4)5-6-13/h7H,5-6,8H2,1-4H3,(H2,14,15,16,17). The number of nitrogens with one attached hydrogen (secondary N) is 2. The van der Waals surface area contributed by atoms with E-state index in [1.807, 2.05) is 32.5 Å². The molecule has 2 rings (SSSR count). The molecule has 0 atom stereocenters. The maximum atomic E-state index is 11.7. The van der Waals surface area contributed by atoms with Gasteiger partial charge in [-0.25, -0.2) is 4.79 Å². The highest BCUT2D eigenvalue weighted by molar-refractivity contribution is 8.00. The summed E-state index contributed by atoms with van der Waals surface area (Å²) in [4.78, 5) is 11.7. The van der Waals surface area contributed by atoms with E-state index in [0.29, 0.717) is 12.4 Å². The van der Waals surface area contributed by atoms with Crippen molar-refractivity contribution in [1.82, 2.24) is 10.5 Å².